The highest BCUT2D eigenvalue weighted by molar-refractivity contribution is 5.94. The number of amides is 1. The normalized spacial score (nSPS) is 20.2. The number of carbonyl (C=O) groups is 1. The Balaban J connectivity index is 1.81. The molecule has 1 aromatic rings. The summed E-state index contributed by atoms with van der Waals surface area (Å²) in [6, 6.07) is 6.21. The van der Waals surface area contributed by atoms with Gasteiger partial charge in [-0.25, -0.2) is 0 Å². The number of benzene rings is 1. The van der Waals surface area contributed by atoms with Crippen molar-refractivity contribution in [3.05, 3.63) is 29.8 Å². The number of phenolic OH excluding ortho intramolecular Hbond substituents is 1. The molecule has 1 amide bonds. The molecule has 1 heterocycles. The van der Waals surface area contributed by atoms with E-state index in [0.717, 1.165) is 19.6 Å². The van der Waals surface area contributed by atoms with Crippen LogP contribution in [0.3, 0.4) is 0 Å². The van der Waals surface area contributed by atoms with E-state index in [0.29, 0.717) is 18.7 Å². The van der Waals surface area contributed by atoms with Crippen LogP contribution < -0.4 is 5.32 Å². The molecule has 0 spiro atoms. The molecule has 5 heteroatoms. The van der Waals surface area contributed by atoms with Crippen LogP contribution in [-0.4, -0.2) is 54.8 Å². The van der Waals surface area contributed by atoms with E-state index in [1.165, 1.54) is 12.1 Å². The van der Waals surface area contributed by atoms with E-state index < -0.39 is 0 Å². The minimum absolute atomic E-state index is 0.0507. The molecule has 0 aromatic heterocycles. The Labute approximate surface area is 113 Å². The van der Waals surface area contributed by atoms with Crippen molar-refractivity contribution in [3.8, 4) is 5.75 Å². The maximum atomic E-state index is 11.9. The maximum Gasteiger partial charge on any atom is 0.251 e. The van der Waals surface area contributed by atoms with E-state index in [1.807, 2.05) is 0 Å². The summed E-state index contributed by atoms with van der Waals surface area (Å²) in [4.78, 5) is 14.2. The summed E-state index contributed by atoms with van der Waals surface area (Å²) in [5, 5.41) is 12.0. The standard InChI is InChI=1S/C14H20N2O3/c1-2-16-7-8-19-13(10-16)9-15-14(18)11-3-5-12(17)6-4-11/h3-6,13,17H,2,7-10H2,1H3,(H,15,18). The third-order valence-electron chi connectivity index (χ3n) is 3.29. The number of nitrogens with one attached hydrogen (secondary N) is 1. The van der Waals surface area contributed by atoms with E-state index in [9.17, 15) is 9.90 Å². The molecule has 1 unspecified atom stereocenters. The molecule has 2 rings (SSSR count). The number of hydrogen-bond acceptors (Lipinski definition) is 4. The van der Waals surface area contributed by atoms with Gasteiger partial charge in [0.05, 0.1) is 12.7 Å². The summed E-state index contributed by atoms with van der Waals surface area (Å²) in [5.41, 5.74) is 0.543. The number of carbonyl (C=O) groups excluding carboxylic acids is 1. The molecule has 2 N–H and O–H groups in total. The average molecular weight is 264 g/mol. The molecular formula is C14H20N2O3. The third kappa shape index (κ3) is 3.94. The lowest BCUT2D eigenvalue weighted by Gasteiger charge is -2.32. The first-order chi connectivity index (χ1) is 9.19. The molecule has 1 aliphatic heterocycles. The zero-order chi connectivity index (χ0) is 13.7. The van der Waals surface area contributed by atoms with Crippen molar-refractivity contribution in [1.82, 2.24) is 10.2 Å². The summed E-state index contributed by atoms with van der Waals surface area (Å²) in [5.74, 6) is 0.0166. The van der Waals surface area contributed by atoms with Crippen molar-refractivity contribution in [3.63, 3.8) is 0 Å². The number of ether oxygens (including phenoxy) is 1. The number of nitrogens with zero attached hydrogens (tertiary/aromatic N) is 1. The lowest BCUT2D eigenvalue weighted by molar-refractivity contribution is -0.0246. The molecule has 5 nitrogen and oxygen atoms in total. The minimum Gasteiger partial charge on any atom is -0.508 e. The number of aromatic hydroxyl groups is 1. The zero-order valence-electron chi connectivity index (χ0n) is 11.1. The summed E-state index contributed by atoms with van der Waals surface area (Å²) in [7, 11) is 0. The fourth-order valence-corrected chi connectivity index (χ4v) is 2.11. The van der Waals surface area contributed by atoms with Gasteiger partial charge >= 0.3 is 0 Å². The van der Waals surface area contributed by atoms with Crippen LogP contribution >= 0.6 is 0 Å². The fourth-order valence-electron chi connectivity index (χ4n) is 2.11. The van der Waals surface area contributed by atoms with Crippen LogP contribution in [0, 0.1) is 0 Å². The maximum absolute atomic E-state index is 11.9. The van der Waals surface area contributed by atoms with E-state index in [2.05, 4.69) is 17.1 Å². The van der Waals surface area contributed by atoms with Crippen molar-refractivity contribution in [2.75, 3.05) is 32.8 Å². The Morgan fingerprint density at radius 2 is 2.21 bits per heavy atom. The molecule has 1 aliphatic rings. The Bertz CT molecular complexity index is 419. The molecule has 0 saturated carbocycles. The van der Waals surface area contributed by atoms with Gasteiger partial charge in [0, 0.05) is 25.2 Å². The van der Waals surface area contributed by atoms with Gasteiger partial charge in [-0.1, -0.05) is 6.92 Å². The fraction of sp³-hybridized carbons (Fsp3) is 0.500. The van der Waals surface area contributed by atoms with Crippen LogP contribution in [0.1, 0.15) is 17.3 Å². The molecule has 1 fully saturated rings. The van der Waals surface area contributed by atoms with Crippen molar-refractivity contribution in [1.29, 1.82) is 0 Å². The first-order valence-corrected chi connectivity index (χ1v) is 6.60. The zero-order valence-corrected chi connectivity index (χ0v) is 11.1. The average Bonchev–Trinajstić information content (AvgIpc) is 2.46. The first-order valence-electron chi connectivity index (χ1n) is 6.60. The Hall–Kier alpha value is -1.59. The molecule has 0 radical (unpaired) electrons. The van der Waals surface area contributed by atoms with Crippen LogP contribution in [0.25, 0.3) is 0 Å². The van der Waals surface area contributed by atoms with Gasteiger partial charge in [-0.05, 0) is 30.8 Å². The van der Waals surface area contributed by atoms with Crippen LogP contribution in [0.4, 0.5) is 0 Å². The Morgan fingerprint density at radius 3 is 2.89 bits per heavy atom. The number of morpholine rings is 1. The number of phenols is 1. The predicted octanol–water partition coefficient (Wildman–Crippen LogP) is 0.843. The molecule has 1 saturated heterocycles. The quantitative estimate of drug-likeness (QED) is 0.846. The summed E-state index contributed by atoms with van der Waals surface area (Å²) < 4.78 is 5.62. The lowest BCUT2D eigenvalue weighted by atomic mass is 10.2. The topological polar surface area (TPSA) is 61.8 Å². The van der Waals surface area contributed by atoms with Crippen LogP contribution in [0.15, 0.2) is 24.3 Å². The Morgan fingerprint density at radius 1 is 1.47 bits per heavy atom. The molecule has 0 bridgehead atoms. The highest BCUT2D eigenvalue weighted by Gasteiger charge is 2.19. The second kappa shape index (κ2) is 6.54. The van der Waals surface area contributed by atoms with Gasteiger partial charge in [0.1, 0.15) is 5.75 Å². The van der Waals surface area contributed by atoms with Gasteiger partial charge < -0.3 is 15.2 Å². The highest BCUT2D eigenvalue weighted by atomic mass is 16.5. The second-order valence-electron chi connectivity index (χ2n) is 4.64. The van der Waals surface area contributed by atoms with Gasteiger partial charge in [0.25, 0.3) is 5.91 Å². The van der Waals surface area contributed by atoms with Gasteiger partial charge in [-0.2, -0.15) is 0 Å². The van der Waals surface area contributed by atoms with Crippen LogP contribution in [0.5, 0.6) is 5.75 Å². The number of hydrogen-bond donors (Lipinski definition) is 2. The molecule has 1 atom stereocenters. The van der Waals surface area contributed by atoms with Gasteiger partial charge in [0.2, 0.25) is 0 Å². The smallest absolute Gasteiger partial charge is 0.251 e. The van der Waals surface area contributed by atoms with Crippen LogP contribution in [-0.2, 0) is 4.74 Å². The van der Waals surface area contributed by atoms with Crippen molar-refractivity contribution >= 4 is 5.91 Å². The monoisotopic (exact) mass is 264 g/mol. The second-order valence-corrected chi connectivity index (χ2v) is 4.64. The van der Waals surface area contributed by atoms with E-state index in [1.54, 1.807) is 12.1 Å². The molecule has 19 heavy (non-hydrogen) atoms. The van der Waals surface area contributed by atoms with Crippen LogP contribution in [0.2, 0.25) is 0 Å². The largest absolute Gasteiger partial charge is 0.508 e. The number of likely N-dealkylation sites (N-methyl/N-ethyl adjacent to an activating group) is 1. The van der Waals surface area contributed by atoms with Crippen molar-refractivity contribution < 1.29 is 14.6 Å². The van der Waals surface area contributed by atoms with E-state index in [4.69, 9.17) is 4.74 Å². The summed E-state index contributed by atoms with van der Waals surface area (Å²) >= 11 is 0. The van der Waals surface area contributed by atoms with Gasteiger partial charge in [0.15, 0.2) is 0 Å². The van der Waals surface area contributed by atoms with Crippen molar-refractivity contribution in [2.45, 2.75) is 13.0 Å². The summed E-state index contributed by atoms with van der Waals surface area (Å²) in [6.45, 7) is 6.16. The highest BCUT2D eigenvalue weighted by Crippen LogP contribution is 2.09. The van der Waals surface area contributed by atoms with Crippen molar-refractivity contribution in [2.24, 2.45) is 0 Å². The Kier molecular flexibility index (Phi) is 4.76. The van der Waals surface area contributed by atoms with Gasteiger partial charge in [-0.15, -0.1) is 0 Å². The molecule has 0 aliphatic carbocycles. The predicted molar refractivity (Wildman–Crippen MR) is 72.3 cm³/mol. The van der Waals surface area contributed by atoms with E-state index in [-0.39, 0.29) is 17.8 Å². The minimum atomic E-state index is -0.141. The molecule has 1 aromatic carbocycles. The SMILES string of the molecule is CCN1CCOC(CNC(=O)c2ccc(O)cc2)C1. The van der Waals surface area contributed by atoms with E-state index >= 15 is 0 Å². The number of rotatable bonds is 4. The summed E-state index contributed by atoms with van der Waals surface area (Å²) in [6.07, 6.45) is 0.0507. The first kappa shape index (κ1) is 13.8. The molecular weight excluding hydrogens is 244 g/mol. The van der Waals surface area contributed by atoms with Gasteiger partial charge in [-0.3, -0.25) is 9.69 Å². The molecule has 104 valence electrons. The lowest BCUT2D eigenvalue weighted by Crippen LogP contribution is -2.47. The third-order valence-corrected chi connectivity index (χ3v) is 3.29.